The van der Waals surface area contributed by atoms with Crippen molar-refractivity contribution in [3.63, 3.8) is 0 Å². The minimum Gasteiger partial charge on any atom is -0.369 e. The van der Waals surface area contributed by atoms with Crippen LogP contribution in [-0.2, 0) is 6.42 Å². The fourth-order valence-electron chi connectivity index (χ4n) is 2.93. The van der Waals surface area contributed by atoms with E-state index in [4.69, 9.17) is 5.73 Å². The second-order valence-corrected chi connectivity index (χ2v) is 4.94. The van der Waals surface area contributed by atoms with Gasteiger partial charge in [-0.15, -0.1) is 0 Å². The molecule has 100 valence electrons. The van der Waals surface area contributed by atoms with Gasteiger partial charge in [-0.3, -0.25) is 4.90 Å². The number of hydrogen-bond donors (Lipinski definition) is 1. The number of nitrogens with zero attached hydrogens (tertiary/aromatic N) is 2. The Hall–Kier alpha value is -1.06. The Morgan fingerprint density at radius 3 is 2.67 bits per heavy atom. The van der Waals surface area contributed by atoms with Crippen LogP contribution in [0.1, 0.15) is 19.4 Å². The van der Waals surface area contributed by atoms with E-state index in [-0.39, 0.29) is 0 Å². The fraction of sp³-hybridized carbons (Fsp3) is 0.600. The molecule has 2 N–H and O–H groups in total. The standard InChI is InChI=1S/C15H25N3/c1-3-17(4-2)14(11-16)12-18-10-9-13-7-5-6-8-15(13)18/h5-8,14H,3-4,9-12,16H2,1-2H3. The van der Waals surface area contributed by atoms with Crippen molar-refractivity contribution in [1.29, 1.82) is 0 Å². The molecule has 1 aromatic carbocycles. The van der Waals surface area contributed by atoms with E-state index in [1.165, 1.54) is 17.7 Å². The number of para-hydroxylation sites is 1. The van der Waals surface area contributed by atoms with Crippen LogP contribution in [0.4, 0.5) is 5.69 Å². The third kappa shape index (κ3) is 2.68. The van der Waals surface area contributed by atoms with Crippen molar-refractivity contribution in [1.82, 2.24) is 4.90 Å². The minimum absolute atomic E-state index is 0.464. The summed E-state index contributed by atoms with van der Waals surface area (Å²) in [6.45, 7) is 9.50. The van der Waals surface area contributed by atoms with Crippen LogP contribution in [-0.4, -0.2) is 43.7 Å². The Bertz CT molecular complexity index is 374. The van der Waals surface area contributed by atoms with Gasteiger partial charge in [0.2, 0.25) is 0 Å². The van der Waals surface area contributed by atoms with E-state index in [1.807, 2.05) is 0 Å². The lowest BCUT2D eigenvalue weighted by Gasteiger charge is -2.33. The zero-order valence-electron chi connectivity index (χ0n) is 11.6. The molecule has 0 aliphatic carbocycles. The highest BCUT2D eigenvalue weighted by atomic mass is 15.2. The molecular formula is C15H25N3. The quantitative estimate of drug-likeness (QED) is 0.831. The Morgan fingerprint density at radius 2 is 2.00 bits per heavy atom. The molecule has 18 heavy (non-hydrogen) atoms. The molecule has 0 radical (unpaired) electrons. The summed E-state index contributed by atoms with van der Waals surface area (Å²) in [6, 6.07) is 9.20. The first-order valence-electron chi connectivity index (χ1n) is 7.07. The summed E-state index contributed by atoms with van der Waals surface area (Å²) in [5, 5.41) is 0. The second kappa shape index (κ2) is 6.21. The maximum atomic E-state index is 5.95. The van der Waals surface area contributed by atoms with E-state index in [1.54, 1.807) is 0 Å². The lowest BCUT2D eigenvalue weighted by molar-refractivity contribution is 0.224. The molecule has 0 bridgehead atoms. The lowest BCUT2D eigenvalue weighted by atomic mass is 10.1. The number of benzene rings is 1. The predicted octanol–water partition coefficient (Wildman–Crippen LogP) is 1.72. The van der Waals surface area contributed by atoms with Crippen molar-refractivity contribution >= 4 is 5.69 Å². The SMILES string of the molecule is CCN(CC)C(CN)CN1CCc2ccccc21. The van der Waals surface area contributed by atoms with E-state index in [0.29, 0.717) is 6.04 Å². The maximum Gasteiger partial charge on any atom is 0.0400 e. The van der Waals surface area contributed by atoms with Gasteiger partial charge in [0, 0.05) is 31.4 Å². The molecule has 1 unspecified atom stereocenters. The van der Waals surface area contributed by atoms with Crippen molar-refractivity contribution in [2.24, 2.45) is 5.73 Å². The molecule has 1 aliphatic rings. The second-order valence-electron chi connectivity index (χ2n) is 4.94. The van der Waals surface area contributed by atoms with Gasteiger partial charge in [0.1, 0.15) is 0 Å². The Labute approximate surface area is 111 Å². The van der Waals surface area contributed by atoms with Gasteiger partial charge in [0.05, 0.1) is 0 Å². The van der Waals surface area contributed by atoms with Gasteiger partial charge in [-0.05, 0) is 31.1 Å². The molecule has 0 fully saturated rings. The van der Waals surface area contributed by atoms with E-state index < -0.39 is 0 Å². The van der Waals surface area contributed by atoms with Crippen LogP contribution in [0.3, 0.4) is 0 Å². The first kappa shape index (κ1) is 13.4. The summed E-state index contributed by atoms with van der Waals surface area (Å²) >= 11 is 0. The van der Waals surface area contributed by atoms with Crippen LogP contribution in [0, 0.1) is 0 Å². The van der Waals surface area contributed by atoms with Crippen molar-refractivity contribution in [3.8, 4) is 0 Å². The molecule has 3 nitrogen and oxygen atoms in total. The zero-order valence-corrected chi connectivity index (χ0v) is 11.6. The first-order chi connectivity index (χ1) is 8.80. The Balaban J connectivity index is 2.05. The highest BCUT2D eigenvalue weighted by molar-refractivity contribution is 5.57. The van der Waals surface area contributed by atoms with Gasteiger partial charge in [-0.25, -0.2) is 0 Å². The van der Waals surface area contributed by atoms with Crippen LogP contribution >= 0.6 is 0 Å². The fourth-order valence-corrected chi connectivity index (χ4v) is 2.93. The average Bonchev–Trinajstić information content (AvgIpc) is 2.82. The number of nitrogens with two attached hydrogens (primary N) is 1. The number of likely N-dealkylation sites (N-methyl/N-ethyl adjacent to an activating group) is 1. The molecule has 1 aliphatic heterocycles. The predicted molar refractivity (Wildman–Crippen MR) is 78.1 cm³/mol. The largest absolute Gasteiger partial charge is 0.369 e. The summed E-state index contributed by atoms with van der Waals surface area (Å²) in [7, 11) is 0. The normalized spacial score (nSPS) is 16.1. The third-order valence-electron chi connectivity index (χ3n) is 4.02. The molecule has 0 saturated carbocycles. The molecular weight excluding hydrogens is 222 g/mol. The monoisotopic (exact) mass is 247 g/mol. The molecule has 0 saturated heterocycles. The lowest BCUT2D eigenvalue weighted by Crippen LogP contribution is -2.47. The smallest absolute Gasteiger partial charge is 0.0400 e. The van der Waals surface area contributed by atoms with Crippen molar-refractivity contribution in [2.45, 2.75) is 26.3 Å². The topological polar surface area (TPSA) is 32.5 Å². The van der Waals surface area contributed by atoms with Crippen molar-refractivity contribution in [2.75, 3.05) is 37.6 Å². The van der Waals surface area contributed by atoms with Crippen molar-refractivity contribution in [3.05, 3.63) is 29.8 Å². The minimum atomic E-state index is 0.464. The van der Waals surface area contributed by atoms with E-state index >= 15 is 0 Å². The molecule has 0 amide bonds. The van der Waals surface area contributed by atoms with Crippen LogP contribution in [0.15, 0.2) is 24.3 Å². The van der Waals surface area contributed by atoms with Crippen LogP contribution in [0.2, 0.25) is 0 Å². The summed E-state index contributed by atoms with van der Waals surface area (Å²) < 4.78 is 0. The highest BCUT2D eigenvalue weighted by Gasteiger charge is 2.23. The third-order valence-corrected chi connectivity index (χ3v) is 4.02. The van der Waals surface area contributed by atoms with Crippen LogP contribution < -0.4 is 10.6 Å². The number of fused-ring (bicyclic) bond motifs is 1. The molecule has 1 heterocycles. The zero-order chi connectivity index (χ0) is 13.0. The number of hydrogen-bond acceptors (Lipinski definition) is 3. The van der Waals surface area contributed by atoms with E-state index in [0.717, 1.165) is 32.7 Å². The van der Waals surface area contributed by atoms with Gasteiger partial charge in [0.15, 0.2) is 0 Å². The van der Waals surface area contributed by atoms with Gasteiger partial charge in [-0.2, -0.15) is 0 Å². The Morgan fingerprint density at radius 1 is 1.28 bits per heavy atom. The molecule has 0 aromatic heterocycles. The average molecular weight is 247 g/mol. The van der Waals surface area contributed by atoms with Crippen LogP contribution in [0.25, 0.3) is 0 Å². The number of rotatable bonds is 6. The van der Waals surface area contributed by atoms with Gasteiger partial charge in [0.25, 0.3) is 0 Å². The highest BCUT2D eigenvalue weighted by Crippen LogP contribution is 2.27. The Kier molecular flexibility index (Phi) is 4.61. The van der Waals surface area contributed by atoms with E-state index in [9.17, 15) is 0 Å². The first-order valence-corrected chi connectivity index (χ1v) is 7.07. The van der Waals surface area contributed by atoms with Crippen LogP contribution in [0.5, 0.6) is 0 Å². The van der Waals surface area contributed by atoms with Gasteiger partial charge >= 0.3 is 0 Å². The summed E-state index contributed by atoms with van der Waals surface area (Å²) in [4.78, 5) is 4.95. The van der Waals surface area contributed by atoms with Gasteiger partial charge in [-0.1, -0.05) is 32.0 Å². The summed E-state index contributed by atoms with van der Waals surface area (Å²) in [5.41, 5.74) is 8.84. The molecule has 0 spiro atoms. The van der Waals surface area contributed by atoms with Crippen molar-refractivity contribution < 1.29 is 0 Å². The maximum absolute atomic E-state index is 5.95. The van der Waals surface area contributed by atoms with Gasteiger partial charge < -0.3 is 10.6 Å². The molecule has 1 atom stereocenters. The van der Waals surface area contributed by atoms with E-state index in [2.05, 4.69) is 47.9 Å². The number of anilines is 1. The summed E-state index contributed by atoms with van der Waals surface area (Å²) in [5.74, 6) is 0. The molecule has 1 aromatic rings. The summed E-state index contributed by atoms with van der Waals surface area (Å²) in [6.07, 6.45) is 1.17. The molecule has 3 heteroatoms. The molecule has 2 rings (SSSR count).